The van der Waals surface area contributed by atoms with E-state index in [9.17, 15) is 0 Å². The lowest BCUT2D eigenvalue weighted by Gasteiger charge is -1.98. The van der Waals surface area contributed by atoms with Gasteiger partial charge in [0.2, 0.25) is 0 Å². The molecule has 2 N–H and O–H groups in total. The molecule has 0 unspecified atom stereocenters. The van der Waals surface area contributed by atoms with Gasteiger partial charge in [0.25, 0.3) is 0 Å². The highest BCUT2D eigenvalue weighted by molar-refractivity contribution is 5.32. The Hall–Kier alpha value is -1.19. The van der Waals surface area contributed by atoms with E-state index < -0.39 is 0 Å². The van der Waals surface area contributed by atoms with Gasteiger partial charge in [0.05, 0.1) is 0 Å². The highest BCUT2D eigenvalue weighted by Crippen LogP contribution is 2.02. The fourth-order valence-electron chi connectivity index (χ4n) is 0.697. The van der Waals surface area contributed by atoms with Crippen LogP contribution in [0.15, 0.2) is 0 Å². The zero-order chi connectivity index (χ0) is 7.56. The van der Waals surface area contributed by atoms with E-state index in [0.29, 0.717) is 11.6 Å². The molecule has 0 radical (unpaired) electrons. The molecule has 1 aromatic heterocycles. The summed E-state index contributed by atoms with van der Waals surface area (Å²) in [4.78, 5) is 3.95. The molecule has 0 aliphatic rings. The van der Waals surface area contributed by atoms with Crippen LogP contribution in [0.1, 0.15) is 18.4 Å². The normalized spacial score (nSPS) is 9.80. The molecule has 10 heavy (non-hydrogen) atoms. The largest absolute Gasteiger partial charge is 0.382 e. The molecule has 0 amide bonds. The van der Waals surface area contributed by atoms with Crippen LogP contribution in [0.2, 0.25) is 0 Å². The molecular formula is C6H10N4. The molecule has 0 aliphatic heterocycles. The number of anilines is 1. The fraction of sp³-hybridized carbons (Fsp3) is 0.500. The highest BCUT2D eigenvalue weighted by atomic mass is 15.2. The molecule has 1 aromatic rings. The lowest BCUT2D eigenvalue weighted by atomic mass is 10.3. The summed E-state index contributed by atoms with van der Waals surface area (Å²) in [5.41, 5.74) is 6.29. The zero-order valence-corrected chi connectivity index (χ0v) is 6.13. The van der Waals surface area contributed by atoms with Gasteiger partial charge in [-0.2, -0.15) is 0 Å². The third kappa shape index (κ3) is 1.21. The summed E-state index contributed by atoms with van der Waals surface area (Å²) in [6, 6.07) is 0. The van der Waals surface area contributed by atoms with E-state index in [0.717, 1.165) is 12.1 Å². The smallest absolute Gasteiger partial charge is 0.150 e. The predicted molar refractivity (Wildman–Crippen MR) is 38.4 cm³/mol. The van der Waals surface area contributed by atoms with Gasteiger partial charge in [-0.3, -0.25) is 0 Å². The average Bonchev–Trinajstić information content (AvgIpc) is 1.88. The van der Waals surface area contributed by atoms with Crippen molar-refractivity contribution in [2.75, 3.05) is 5.73 Å². The Bertz CT molecular complexity index is 233. The summed E-state index contributed by atoms with van der Waals surface area (Å²) in [7, 11) is 0. The highest BCUT2D eigenvalue weighted by Gasteiger charge is 1.99. The molecule has 0 spiro atoms. The molecular weight excluding hydrogens is 128 g/mol. The van der Waals surface area contributed by atoms with Crippen molar-refractivity contribution < 1.29 is 0 Å². The van der Waals surface area contributed by atoms with Crippen molar-refractivity contribution in [2.45, 2.75) is 20.3 Å². The third-order valence-corrected chi connectivity index (χ3v) is 1.23. The van der Waals surface area contributed by atoms with Crippen molar-refractivity contribution in [2.24, 2.45) is 0 Å². The van der Waals surface area contributed by atoms with E-state index in [-0.39, 0.29) is 0 Å². The minimum Gasteiger partial charge on any atom is -0.382 e. The third-order valence-electron chi connectivity index (χ3n) is 1.23. The Morgan fingerprint density at radius 2 is 2.10 bits per heavy atom. The Balaban J connectivity index is 3.07. The van der Waals surface area contributed by atoms with Crippen molar-refractivity contribution in [3.63, 3.8) is 0 Å². The van der Waals surface area contributed by atoms with Gasteiger partial charge in [0, 0.05) is 0 Å². The number of rotatable bonds is 1. The molecule has 0 saturated heterocycles. The second-order valence-electron chi connectivity index (χ2n) is 2.04. The van der Waals surface area contributed by atoms with E-state index in [1.807, 2.05) is 6.92 Å². The van der Waals surface area contributed by atoms with Crippen LogP contribution in [0.4, 0.5) is 5.82 Å². The Morgan fingerprint density at radius 1 is 1.40 bits per heavy atom. The molecule has 54 valence electrons. The van der Waals surface area contributed by atoms with E-state index in [4.69, 9.17) is 5.73 Å². The van der Waals surface area contributed by atoms with Crippen LogP contribution in [0.25, 0.3) is 0 Å². The summed E-state index contributed by atoms with van der Waals surface area (Å²) in [6.07, 6.45) is 0.784. The Kier molecular flexibility index (Phi) is 1.80. The number of aryl methyl sites for hydroxylation is 2. The molecule has 4 heteroatoms. The lowest BCUT2D eigenvalue weighted by Crippen LogP contribution is -2.03. The average molecular weight is 138 g/mol. The maximum atomic E-state index is 5.52. The van der Waals surface area contributed by atoms with Crippen LogP contribution in [0.3, 0.4) is 0 Å². The molecule has 0 bridgehead atoms. The molecule has 0 saturated carbocycles. The Labute approximate surface area is 59.5 Å². The van der Waals surface area contributed by atoms with Crippen molar-refractivity contribution in [3.05, 3.63) is 11.5 Å². The van der Waals surface area contributed by atoms with Gasteiger partial charge < -0.3 is 5.73 Å². The van der Waals surface area contributed by atoms with Gasteiger partial charge in [-0.25, -0.2) is 4.98 Å². The number of nitrogens with two attached hydrogens (primary N) is 1. The number of hydrogen-bond acceptors (Lipinski definition) is 4. The van der Waals surface area contributed by atoms with Gasteiger partial charge in [-0.05, 0) is 13.3 Å². The SMILES string of the molecule is CCc1nnc(C)nc1N. The predicted octanol–water partition coefficient (Wildman–Crippen LogP) is 0.325. The standard InChI is InChI=1S/C6H10N4/c1-3-5-6(7)8-4(2)9-10-5/h3H2,1-2H3,(H2,7,8,9). The summed E-state index contributed by atoms with van der Waals surface area (Å²) in [5.74, 6) is 1.12. The van der Waals surface area contributed by atoms with E-state index >= 15 is 0 Å². The molecule has 0 aromatic carbocycles. The number of hydrogen-bond donors (Lipinski definition) is 1. The van der Waals surface area contributed by atoms with Gasteiger partial charge in [-0.15, -0.1) is 10.2 Å². The minimum atomic E-state index is 0.495. The van der Waals surface area contributed by atoms with Gasteiger partial charge in [0.15, 0.2) is 0 Å². The zero-order valence-electron chi connectivity index (χ0n) is 6.13. The maximum absolute atomic E-state index is 5.52. The molecule has 1 heterocycles. The fourth-order valence-corrected chi connectivity index (χ4v) is 0.697. The molecule has 0 aliphatic carbocycles. The maximum Gasteiger partial charge on any atom is 0.150 e. The van der Waals surface area contributed by atoms with Gasteiger partial charge in [0.1, 0.15) is 17.3 Å². The van der Waals surface area contributed by atoms with Crippen LogP contribution in [0, 0.1) is 6.92 Å². The molecule has 0 atom stereocenters. The first-order chi connectivity index (χ1) is 4.74. The second kappa shape index (κ2) is 2.60. The first kappa shape index (κ1) is 6.92. The van der Waals surface area contributed by atoms with Gasteiger partial charge in [-0.1, -0.05) is 6.92 Å². The quantitative estimate of drug-likeness (QED) is 0.607. The van der Waals surface area contributed by atoms with E-state index in [2.05, 4.69) is 15.2 Å². The number of nitrogens with zero attached hydrogens (tertiary/aromatic N) is 3. The van der Waals surface area contributed by atoms with Gasteiger partial charge >= 0.3 is 0 Å². The van der Waals surface area contributed by atoms with Crippen molar-refractivity contribution >= 4 is 5.82 Å². The minimum absolute atomic E-state index is 0.495. The topological polar surface area (TPSA) is 64.7 Å². The molecule has 1 rings (SSSR count). The van der Waals surface area contributed by atoms with Crippen molar-refractivity contribution in [1.82, 2.24) is 15.2 Å². The summed E-state index contributed by atoms with van der Waals surface area (Å²) in [6.45, 7) is 3.74. The Morgan fingerprint density at radius 3 is 2.60 bits per heavy atom. The first-order valence-corrected chi connectivity index (χ1v) is 3.19. The van der Waals surface area contributed by atoms with Crippen molar-refractivity contribution in [1.29, 1.82) is 0 Å². The molecule has 4 nitrogen and oxygen atoms in total. The van der Waals surface area contributed by atoms with Crippen LogP contribution in [0.5, 0.6) is 0 Å². The summed E-state index contributed by atoms with van der Waals surface area (Å²) in [5, 5.41) is 7.63. The summed E-state index contributed by atoms with van der Waals surface area (Å²) < 4.78 is 0. The van der Waals surface area contributed by atoms with Crippen LogP contribution in [-0.2, 0) is 6.42 Å². The monoisotopic (exact) mass is 138 g/mol. The molecule has 0 fully saturated rings. The summed E-state index contributed by atoms with van der Waals surface area (Å²) >= 11 is 0. The van der Waals surface area contributed by atoms with Crippen LogP contribution < -0.4 is 5.73 Å². The lowest BCUT2D eigenvalue weighted by molar-refractivity contribution is 0.848. The number of aromatic nitrogens is 3. The van der Waals surface area contributed by atoms with E-state index in [1.165, 1.54) is 0 Å². The van der Waals surface area contributed by atoms with Crippen LogP contribution >= 0.6 is 0 Å². The van der Waals surface area contributed by atoms with Crippen LogP contribution in [-0.4, -0.2) is 15.2 Å². The van der Waals surface area contributed by atoms with E-state index in [1.54, 1.807) is 6.92 Å². The van der Waals surface area contributed by atoms with Crippen molar-refractivity contribution in [3.8, 4) is 0 Å². The first-order valence-electron chi connectivity index (χ1n) is 3.19. The number of nitrogen functional groups attached to an aromatic ring is 1. The second-order valence-corrected chi connectivity index (χ2v) is 2.04.